The zero-order valence-electron chi connectivity index (χ0n) is 27.3. The molecule has 2 aliphatic heterocycles. The number of aliphatic hydroxyl groups excluding tert-OH is 2. The van der Waals surface area contributed by atoms with Gasteiger partial charge in [-0.3, -0.25) is 29.0 Å². The number of aryl methyl sites for hydroxylation is 1. The molecule has 3 N–H and O–H groups in total. The molecule has 4 aliphatic rings. The number of cyclic esters (lactones) is 1. The van der Waals surface area contributed by atoms with E-state index in [1.165, 1.54) is 32.2 Å². The third kappa shape index (κ3) is 5.07. The van der Waals surface area contributed by atoms with Gasteiger partial charge in [-0.15, -0.1) is 0 Å². The first-order chi connectivity index (χ1) is 22.4. The maximum atomic E-state index is 14.5. The molecule has 3 fully saturated rings. The molecular formula is C32H39NO15. The summed E-state index contributed by atoms with van der Waals surface area (Å²) in [5.41, 5.74) is -9.66. The van der Waals surface area contributed by atoms with Crippen molar-refractivity contribution in [3.63, 3.8) is 0 Å². The summed E-state index contributed by atoms with van der Waals surface area (Å²) in [7, 11) is 0. The predicted molar refractivity (Wildman–Crippen MR) is 155 cm³/mol. The average Bonchev–Trinajstić information content (AvgIpc) is 3.21. The summed E-state index contributed by atoms with van der Waals surface area (Å²) >= 11 is 0. The molecular weight excluding hydrogens is 638 g/mol. The van der Waals surface area contributed by atoms with Gasteiger partial charge >= 0.3 is 29.8 Å². The number of ether oxygens (including phenoxy) is 6. The maximum absolute atomic E-state index is 14.5. The standard InChI is InChI=1S/C32H39NO15/c1-14-9-10-19-18(8-7-11-33-19)28(41)44-12-29(5)20-21(37)25(45-16(3)35)31(13-43-15(2)34)26(46-17(4)36)22(38)24(47-27(14)40)30(6,42)32(31,48-29)23(20)39/h7-8,11,14,20,22-26,38-39,42H,9-10,12-13H2,1-6H3/t14?,20-,22+,23-,24+,25-,26+,29+,30+,31-,32+/m1/s1. The highest BCUT2D eigenvalue weighted by Crippen LogP contribution is 2.67. The summed E-state index contributed by atoms with van der Waals surface area (Å²) in [4.78, 5) is 83.4. The molecule has 3 heterocycles. The van der Waals surface area contributed by atoms with Crippen molar-refractivity contribution in [2.24, 2.45) is 17.3 Å². The van der Waals surface area contributed by atoms with E-state index in [2.05, 4.69) is 4.98 Å². The van der Waals surface area contributed by atoms with Crippen LogP contribution in [0.5, 0.6) is 0 Å². The molecule has 0 radical (unpaired) electrons. The van der Waals surface area contributed by atoms with Crippen molar-refractivity contribution in [3.05, 3.63) is 29.6 Å². The topological polar surface area (TPSA) is 231 Å². The highest BCUT2D eigenvalue weighted by Gasteiger charge is 2.90. The highest BCUT2D eigenvalue weighted by molar-refractivity contribution is 5.93. The monoisotopic (exact) mass is 677 g/mol. The Morgan fingerprint density at radius 3 is 2.33 bits per heavy atom. The molecule has 2 saturated carbocycles. The second-order valence-electron chi connectivity index (χ2n) is 13.3. The first-order valence-electron chi connectivity index (χ1n) is 15.5. The molecule has 1 aromatic rings. The van der Waals surface area contributed by atoms with Gasteiger partial charge in [0, 0.05) is 27.0 Å². The Hall–Kier alpha value is -3.99. The zero-order valence-corrected chi connectivity index (χ0v) is 27.3. The quantitative estimate of drug-likeness (QED) is 0.266. The fourth-order valence-electron chi connectivity index (χ4n) is 8.04. The normalized spacial score (nSPS) is 40.8. The molecule has 11 atom stereocenters. The van der Waals surface area contributed by atoms with Crippen LogP contribution < -0.4 is 0 Å². The number of rotatable bonds is 4. The summed E-state index contributed by atoms with van der Waals surface area (Å²) in [6.45, 7) is 5.05. The van der Waals surface area contributed by atoms with Crippen LogP contribution in [0.4, 0.5) is 0 Å². The maximum Gasteiger partial charge on any atom is 0.340 e. The van der Waals surface area contributed by atoms with Gasteiger partial charge < -0.3 is 43.7 Å². The Labute approximate surface area is 275 Å². The van der Waals surface area contributed by atoms with Crippen molar-refractivity contribution >= 4 is 35.6 Å². The number of carbonyl (C=O) groups excluding carboxylic acids is 6. The number of pyridine rings is 1. The number of esters is 5. The summed E-state index contributed by atoms with van der Waals surface area (Å²) in [5, 5.41) is 36.8. The van der Waals surface area contributed by atoms with Gasteiger partial charge in [-0.1, -0.05) is 6.92 Å². The van der Waals surface area contributed by atoms with Crippen LogP contribution in [-0.4, -0.2) is 116 Å². The minimum Gasteiger partial charge on any atom is -0.465 e. The average molecular weight is 678 g/mol. The van der Waals surface area contributed by atoms with E-state index < -0.39 is 113 Å². The van der Waals surface area contributed by atoms with Crippen LogP contribution in [-0.2, 0) is 58.8 Å². The molecule has 0 amide bonds. The molecule has 262 valence electrons. The van der Waals surface area contributed by atoms with Crippen LogP contribution in [0.2, 0.25) is 0 Å². The van der Waals surface area contributed by atoms with E-state index in [-0.39, 0.29) is 18.4 Å². The van der Waals surface area contributed by atoms with Crippen LogP contribution >= 0.6 is 0 Å². The number of ketones is 1. The first-order valence-corrected chi connectivity index (χ1v) is 15.5. The third-order valence-electron chi connectivity index (χ3n) is 10.1. The van der Waals surface area contributed by atoms with Gasteiger partial charge in [0.15, 0.2) is 18.0 Å². The lowest BCUT2D eigenvalue weighted by Gasteiger charge is -2.66. The van der Waals surface area contributed by atoms with Gasteiger partial charge in [0.25, 0.3) is 0 Å². The number of hydrogen-bond donors (Lipinski definition) is 3. The van der Waals surface area contributed by atoms with E-state index in [0.717, 1.165) is 27.7 Å². The second-order valence-corrected chi connectivity index (χ2v) is 13.3. The SMILES string of the molecule is CC(=O)OC[C@]12[C@H](OC(C)=O)C(=O)[C@@H]3[C@@H](O)[C@@]14O[C@@]3(C)COC(=O)c1cccnc1CCC(C)C(=O)O[C@@H]([C@H](O)[C@@H]2OC(C)=O)[C@]4(C)O. The Balaban J connectivity index is 1.83. The van der Waals surface area contributed by atoms with Crippen LogP contribution in [0.3, 0.4) is 0 Å². The zero-order chi connectivity index (χ0) is 35.6. The molecule has 1 unspecified atom stereocenters. The predicted octanol–water partition coefficient (Wildman–Crippen LogP) is -0.642. The van der Waals surface area contributed by atoms with Crippen molar-refractivity contribution < 1.29 is 72.5 Å². The Kier molecular flexibility index (Phi) is 8.95. The summed E-state index contributed by atoms with van der Waals surface area (Å²) in [6, 6.07) is 2.96. The van der Waals surface area contributed by atoms with Gasteiger partial charge in [0.05, 0.1) is 29.2 Å². The molecule has 1 saturated heterocycles. The van der Waals surface area contributed by atoms with Gasteiger partial charge in [0.1, 0.15) is 47.6 Å². The minimum absolute atomic E-state index is 0.0561. The number of aliphatic hydroxyl groups is 3. The van der Waals surface area contributed by atoms with Gasteiger partial charge in [-0.05, 0) is 38.8 Å². The number of Topliss-reactive ketones (excluding diaryl/α,β-unsaturated/α-hetero) is 1. The summed E-state index contributed by atoms with van der Waals surface area (Å²) in [5.74, 6) is -8.51. The second kappa shape index (κ2) is 12.2. The third-order valence-corrected chi connectivity index (χ3v) is 10.1. The Morgan fingerprint density at radius 2 is 1.71 bits per heavy atom. The number of fused-ring (bicyclic) bond motifs is 5. The number of hydrogen-bond acceptors (Lipinski definition) is 16. The van der Waals surface area contributed by atoms with Crippen LogP contribution in [0.25, 0.3) is 0 Å². The largest absolute Gasteiger partial charge is 0.465 e. The van der Waals surface area contributed by atoms with Crippen molar-refractivity contribution in [2.45, 2.75) is 102 Å². The van der Waals surface area contributed by atoms with E-state index in [9.17, 15) is 44.1 Å². The highest BCUT2D eigenvalue weighted by atomic mass is 16.6. The Bertz CT molecular complexity index is 1540. The van der Waals surface area contributed by atoms with E-state index in [4.69, 9.17) is 28.4 Å². The van der Waals surface area contributed by atoms with Crippen LogP contribution in [0, 0.1) is 17.3 Å². The van der Waals surface area contributed by atoms with E-state index in [1.54, 1.807) is 0 Å². The molecule has 48 heavy (non-hydrogen) atoms. The van der Waals surface area contributed by atoms with Crippen LogP contribution in [0.15, 0.2) is 18.3 Å². The molecule has 5 rings (SSSR count). The summed E-state index contributed by atoms with van der Waals surface area (Å²) in [6.07, 6.45) is -8.84. The van der Waals surface area contributed by atoms with Crippen molar-refractivity contribution in [2.75, 3.05) is 13.2 Å². The number of carbonyl (C=O) groups is 6. The molecule has 16 nitrogen and oxygen atoms in total. The molecule has 16 heteroatoms. The lowest BCUT2D eigenvalue weighted by molar-refractivity contribution is -0.376. The molecule has 4 bridgehead atoms. The number of aromatic nitrogens is 1. The Morgan fingerprint density at radius 1 is 1.04 bits per heavy atom. The molecule has 2 aliphatic carbocycles. The van der Waals surface area contributed by atoms with Crippen LogP contribution in [0.1, 0.15) is 64.0 Å². The van der Waals surface area contributed by atoms with Crippen molar-refractivity contribution in [1.29, 1.82) is 0 Å². The van der Waals surface area contributed by atoms with Gasteiger partial charge in [-0.2, -0.15) is 0 Å². The van der Waals surface area contributed by atoms with Crippen molar-refractivity contribution in [3.8, 4) is 0 Å². The fraction of sp³-hybridized carbons (Fsp3) is 0.656. The lowest BCUT2D eigenvalue weighted by Crippen LogP contribution is -2.88. The molecule has 1 spiro atoms. The first kappa shape index (κ1) is 35.3. The lowest BCUT2D eigenvalue weighted by atomic mass is 9.45. The fourth-order valence-corrected chi connectivity index (χ4v) is 8.04. The number of nitrogens with zero attached hydrogens (tertiary/aromatic N) is 1. The molecule has 0 aromatic carbocycles. The smallest absolute Gasteiger partial charge is 0.340 e. The molecule has 1 aromatic heterocycles. The van der Waals surface area contributed by atoms with E-state index in [0.29, 0.717) is 5.69 Å². The van der Waals surface area contributed by atoms with Gasteiger partial charge in [0.2, 0.25) is 0 Å². The minimum atomic E-state index is -2.72. The van der Waals surface area contributed by atoms with Gasteiger partial charge in [-0.25, -0.2) is 4.79 Å². The van der Waals surface area contributed by atoms with E-state index >= 15 is 0 Å². The van der Waals surface area contributed by atoms with E-state index in [1.807, 2.05) is 0 Å². The van der Waals surface area contributed by atoms with Crippen molar-refractivity contribution in [1.82, 2.24) is 4.98 Å². The summed E-state index contributed by atoms with van der Waals surface area (Å²) < 4.78 is 34.5.